The molecule has 0 aliphatic carbocycles. The molecule has 0 radical (unpaired) electrons. The zero-order valence-corrected chi connectivity index (χ0v) is 52.3. The minimum Gasteiger partial charge on any atom is -0.477 e. The minimum atomic E-state index is -1.51. The Morgan fingerprint density at radius 1 is 0.380 bits per heavy atom. The van der Waals surface area contributed by atoms with Crippen molar-refractivity contribution in [3.05, 3.63) is 72.9 Å². The highest BCUT2D eigenvalue weighted by molar-refractivity contribution is 5.71. The number of carbonyl (C=O) groups excluding carboxylic acids is 2. The highest BCUT2D eigenvalue weighted by Gasteiger charge is 2.25. The summed E-state index contributed by atoms with van der Waals surface area (Å²) in [7, 11) is 5.98. The fourth-order valence-corrected chi connectivity index (χ4v) is 9.32. The Balaban J connectivity index is 4.17. The van der Waals surface area contributed by atoms with Crippen molar-refractivity contribution in [2.24, 2.45) is 0 Å². The highest BCUT2D eigenvalue weighted by atomic mass is 16.7. The topological polar surface area (TPSA) is 108 Å². The van der Waals surface area contributed by atoms with Gasteiger partial charge in [0.15, 0.2) is 6.10 Å². The maximum absolute atomic E-state index is 12.9. The van der Waals surface area contributed by atoms with Crippen molar-refractivity contribution in [1.82, 2.24) is 0 Å². The number of rotatable bonds is 61. The zero-order valence-electron chi connectivity index (χ0n) is 52.3. The van der Waals surface area contributed by atoms with Crippen molar-refractivity contribution in [1.29, 1.82) is 0 Å². The molecular weight excluding hydrogens is 983 g/mol. The summed E-state index contributed by atoms with van der Waals surface area (Å²) in [4.78, 5) is 37.6. The standard InChI is InChI=1S/C70H125NO8/c1-6-8-10-12-14-16-18-20-22-24-26-28-30-32-33-34-35-37-39-41-43-45-47-49-51-53-55-57-59-61-68(73)79-66(65-78-70(69(74)75)76-63-62-71(3,4)5)64-77-67(72)60-58-56-54-52-50-48-46-44-42-40-38-36-31-29-27-25-23-21-19-17-15-13-11-9-7-2/h18-21,24-27,30-32,36,66,70H,6-17,22-23,28-29,33-35,37-65H2,1-5H3/p+1/b20-18-,21-19-,26-24-,27-25-,32-30-,36-31-. The van der Waals surface area contributed by atoms with Gasteiger partial charge in [0.25, 0.3) is 6.29 Å². The van der Waals surface area contributed by atoms with E-state index in [9.17, 15) is 19.5 Å². The van der Waals surface area contributed by atoms with Crippen molar-refractivity contribution in [3.63, 3.8) is 0 Å². The molecule has 0 spiro atoms. The fraction of sp³-hybridized carbons (Fsp3) is 0.786. The summed E-state index contributed by atoms with van der Waals surface area (Å²) in [6, 6.07) is 0. The molecule has 9 heteroatoms. The molecule has 0 saturated heterocycles. The maximum atomic E-state index is 12.9. The quantitative estimate of drug-likeness (QED) is 0.0211. The van der Waals surface area contributed by atoms with Crippen LogP contribution < -0.4 is 0 Å². The van der Waals surface area contributed by atoms with Crippen LogP contribution in [0, 0.1) is 0 Å². The van der Waals surface area contributed by atoms with Crippen molar-refractivity contribution < 1.29 is 42.9 Å². The van der Waals surface area contributed by atoms with Gasteiger partial charge in [0.2, 0.25) is 0 Å². The van der Waals surface area contributed by atoms with E-state index in [4.69, 9.17) is 18.9 Å². The second-order valence-corrected chi connectivity index (χ2v) is 23.4. The zero-order chi connectivity index (χ0) is 57.6. The smallest absolute Gasteiger partial charge is 0.361 e. The number of carboxylic acid groups (broad SMARTS) is 1. The molecular formula is C70H126NO8+. The van der Waals surface area contributed by atoms with Crippen molar-refractivity contribution in [2.45, 2.75) is 309 Å². The first-order valence-electron chi connectivity index (χ1n) is 33.1. The van der Waals surface area contributed by atoms with E-state index < -0.39 is 24.3 Å². The van der Waals surface area contributed by atoms with E-state index in [1.165, 1.54) is 205 Å². The lowest BCUT2D eigenvalue weighted by atomic mass is 10.0. The van der Waals surface area contributed by atoms with Gasteiger partial charge in [-0.05, 0) is 89.9 Å². The molecule has 0 rings (SSSR count). The maximum Gasteiger partial charge on any atom is 0.361 e. The monoisotopic (exact) mass is 1110 g/mol. The number of carboxylic acids is 1. The molecule has 0 aliphatic rings. The lowest BCUT2D eigenvalue weighted by Gasteiger charge is -2.25. The van der Waals surface area contributed by atoms with Gasteiger partial charge in [-0.15, -0.1) is 0 Å². The molecule has 0 saturated carbocycles. The Bertz CT molecular complexity index is 1520. The van der Waals surface area contributed by atoms with Gasteiger partial charge < -0.3 is 28.5 Å². The molecule has 0 amide bonds. The average Bonchev–Trinajstić information content (AvgIpc) is 3.42. The van der Waals surface area contributed by atoms with E-state index in [0.717, 1.165) is 64.2 Å². The third-order valence-corrected chi connectivity index (χ3v) is 14.4. The summed E-state index contributed by atoms with van der Waals surface area (Å²) in [5.41, 5.74) is 0. The molecule has 0 aromatic rings. The van der Waals surface area contributed by atoms with Crippen LogP contribution in [-0.2, 0) is 33.3 Å². The average molecular weight is 1110 g/mol. The number of hydrogen-bond donors (Lipinski definition) is 1. The van der Waals surface area contributed by atoms with Gasteiger partial charge in [0.1, 0.15) is 13.2 Å². The van der Waals surface area contributed by atoms with Gasteiger partial charge in [-0.1, -0.05) is 267 Å². The number of allylic oxidation sites excluding steroid dienone is 12. The second kappa shape index (κ2) is 60.8. The summed E-state index contributed by atoms with van der Waals surface area (Å²) in [5, 5.41) is 9.73. The van der Waals surface area contributed by atoms with Crippen molar-refractivity contribution >= 4 is 17.9 Å². The number of esters is 2. The third kappa shape index (κ3) is 62.2. The molecule has 2 unspecified atom stereocenters. The summed E-state index contributed by atoms with van der Waals surface area (Å²) in [6.45, 7) is 4.88. The van der Waals surface area contributed by atoms with Crippen molar-refractivity contribution in [2.75, 3.05) is 47.5 Å². The predicted molar refractivity (Wildman–Crippen MR) is 336 cm³/mol. The van der Waals surface area contributed by atoms with Crippen LogP contribution in [0.3, 0.4) is 0 Å². The molecule has 0 aliphatic heterocycles. The van der Waals surface area contributed by atoms with Gasteiger partial charge in [-0.2, -0.15) is 0 Å². The van der Waals surface area contributed by atoms with E-state index in [1.54, 1.807) is 0 Å². The van der Waals surface area contributed by atoms with Crippen LogP contribution in [0.1, 0.15) is 296 Å². The van der Waals surface area contributed by atoms with Crippen LogP contribution in [0.25, 0.3) is 0 Å². The molecule has 458 valence electrons. The molecule has 0 aromatic heterocycles. The van der Waals surface area contributed by atoms with Gasteiger partial charge >= 0.3 is 17.9 Å². The van der Waals surface area contributed by atoms with E-state index in [-0.39, 0.29) is 32.2 Å². The van der Waals surface area contributed by atoms with Crippen LogP contribution in [0.4, 0.5) is 0 Å². The molecule has 9 nitrogen and oxygen atoms in total. The first-order chi connectivity index (χ1) is 38.6. The lowest BCUT2D eigenvalue weighted by Crippen LogP contribution is -2.40. The highest BCUT2D eigenvalue weighted by Crippen LogP contribution is 2.17. The van der Waals surface area contributed by atoms with Crippen LogP contribution in [0.2, 0.25) is 0 Å². The van der Waals surface area contributed by atoms with E-state index >= 15 is 0 Å². The largest absolute Gasteiger partial charge is 0.477 e. The Hall–Kier alpha value is -3.27. The lowest BCUT2D eigenvalue weighted by molar-refractivity contribution is -0.870. The summed E-state index contributed by atoms with van der Waals surface area (Å²) in [6.07, 6.45) is 77.1. The van der Waals surface area contributed by atoms with Crippen LogP contribution in [-0.4, -0.2) is 87.4 Å². The van der Waals surface area contributed by atoms with E-state index in [1.807, 2.05) is 21.1 Å². The van der Waals surface area contributed by atoms with Gasteiger partial charge in [-0.3, -0.25) is 9.59 Å². The number of nitrogens with zero attached hydrogens (tertiary/aromatic N) is 1. The minimum absolute atomic E-state index is 0.185. The number of likely N-dealkylation sites (N-methyl/N-ethyl adjacent to an activating group) is 1. The summed E-state index contributed by atoms with van der Waals surface area (Å²) < 4.78 is 23.0. The third-order valence-electron chi connectivity index (χ3n) is 14.4. The van der Waals surface area contributed by atoms with Gasteiger partial charge in [0, 0.05) is 12.8 Å². The Morgan fingerprint density at radius 2 is 0.684 bits per heavy atom. The number of carbonyl (C=O) groups is 3. The summed E-state index contributed by atoms with van der Waals surface area (Å²) in [5.74, 6) is -2.00. The number of quaternary nitrogens is 1. The molecule has 1 N–H and O–H groups in total. The second-order valence-electron chi connectivity index (χ2n) is 23.4. The number of hydrogen-bond acceptors (Lipinski definition) is 7. The SMILES string of the molecule is CCCCCCC/C=C\C/C=C\C/C=C\CCCCCCCCCCCCCCCCC(=O)OC(COC(=O)CCCCCCCCCCCC/C=C\C/C=C\C/C=C\CCCCCCC)COC(OCC[N+](C)(C)C)C(=O)O. The Kier molecular flexibility index (Phi) is 58.3. The Labute approximate surface area is 487 Å². The number of ether oxygens (including phenoxy) is 4. The normalized spacial score (nSPS) is 13.2. The van der Waals surface area contributed by atoms with Crippen LogP contribution in [0.15, 0.2) is 72.9 Å². The van der Waals surface area contributed by atoms with Crippen molar-refractivity contribution in [3.8, 4) is 0 Å². The molecule has 0 heterocycles. The van der Waals surface area contributed by atoms with Gasteiger partial charge in [-0.25, -0.2) is 4.79 Å². The number of aliphatic carboxylic acids is 1. The van der Waals surface area contributed by atoms with E-state index in [0.29, 0.717) is 17.4 Å². The molecule has 0 aromatic carbocycles. The predicted octanol–water partition coefficient (Wildman–Crippen LogP) is 20.1. The molecule has 0 fully saturated rings. The fourth-order valence-electron chi connectivity index (χ4n) is 9.32. The first kappa shape index (κ1) is 75.7. The van der Waals surface area contributed by atoms with Gasteiger partial charge in [0.05, 0.1) is 34.4 Å². The van der Waals surface area contributed by atoms with E-state index in [2.05, 4.69) is 86.8 Å². The molecule has 79 heavy (non-hydrogen) atoms. The van der Waals surface area contributed by atoms with Crippen LogP contribution in [0.5, 0.6) is 0 Å². The molecule has 0 bridgehead atoms. The molecule has 2 atom stereocenters. The Morgan fingerprint density at radius 3 is 1.01 bits per heavy atom. The number of unbranched alkanes of at least 4 members (excludes halogenated alkanes) is 34. The summed E-state index contributed by atoms with van der Waals surface area (Å²) >= 11 is 0. The first-order valence-corrected chi connectivity index (χ1v) is 33.1. The van der Waals surface area contributed by atoms with Crippen LogP contribution >= 0.6 is 0 Å².